The number of hydrogen-bond acceptors (Lipinski definition) is 3. The fraction of sp³-hybridized carbons (Fsp3) is 0.533. The van der Waals surface area contributed by atoms with Crippen molar-refractivity contribution >= 4 is 11.8 Å². The molecular weight excluding hydrogens is 240 g/mol. The van der Waals surface area contributed by atoms with Crippen molar-refractivity contribution in [2.24, 2.45) is 0 Å². The van der Waals surface area contributed by atoms with E-state index in [4.69, 9.17) is 5.26 Å². The second-order valence-electron chi connectivity index (χ2n) is 4.47. The number of nitriles is 1. The molecule has 0 saturated heterocycles. The summed E-state index contributed by atoms with van der Waals surface area (Å²) in [5.74, 6) is 0. The van der Waals surface area contributed by atoms with E-state index in [2.05, 4.69) is 31.5 Å². The largest absolute Gasteiger partial charge is 0.311 e. The Hall–Kier alpha value is -0.980. The van der Waals surface area contributed by atoms with Crippen molar-refractivity contribution in [3.05, 3.63) is 35.4 Å². The molecule has 0 bridgehead atoms. The molecule has 1 aromatic rings. The number of benzene rings is 1. The van der Waals surface area contributed by atoms with Crippen LogP contribution in [0.5, 0.6) is 0 Å². The summed E-state index contributed by atoms with van der Waals surface area (Å²) in [6.45, 7) is 6.24. The minimum atomic E-state index is 0.321. The van der Waals surface area contributed by atoms with Crippen LogP contribution in [-0.4, -0.2) is 17.5 Å². The molecule has 0 unspecified atom stereocenters. The predicted octanol–water partition coefficient (Wildman–Crippen LogP) is 3.57. The standard InChI is InChI=1S/C15H22N2S/c1-4-15(5-2,18-3)12-17-11-14-9-7-6-8-13(14)10-16/h6-9,17H,4-5,11-12H2,1-3H3. The third-order valence-corrected chi connectivity index (χ3v) is 5.21. The van der Waals surface area contributed by atoms with E-state index in [1.165, 1.54) is 0 Å². The number of rotatable bonds is 7. The van der Waals surface area contributed by atoms with Gasteiger partial charge in [0.05, 0.1) is 11.6 Å². The van der Waals surface area contributed by atoms with Crippen molar-refractivity contribution in [1.29, 1.82) is 5.26 Å². The van der Waals surface area contributed by atoms with E-state index < -0.39 is 0 Å². The predicted molar refractivity (Wildman–Crippen MR) is 79.7 cm³/mol. The molecule has 0 saturated carbocycles. The molecule has 3 heteroatoms. The maximum Gasteiger partial charge on any atom is 0.0995 e. The molecule has 0 aromatic heterocycles. The molecule has 0 heterocycles. The van der Waals surface area contributed by atoms with Gasteiger partial charge in [-0.1, -0.05) is 32.0 Å². The summed E-state index contributed by atoms with van der Waals surface area (Å²) in [4.78, 5) is 0. The van der Waals surface area contributed by atoms with Crippen molar-refractivity contribution in [3.63, 3.8) is 0 Å². The minimum Gasteiger partial charge on any atom is -0.311 e. The van der Waals surface area contributed by atoms with Gasteiger partial charge in [-0.25, -0.2) is 0 Å². The van der Waals surface area contributed by atoms with Gasteiger partial charge in [-0.05, 0) is 30.7 Å². The second kappa shape index (κ2) is 7.45. The van der Waals surface area contributed by atoms with E-state index in [1.807, 2.05) is 36.0 Å². The monoisotopic (exact) mass is 262 g/mol. The molecule has 0 atom stereocenters. The molecule has 98 valence electrons. The molecule has 0 radical (unpaired) electrons. The second-order valence-corrected chi connectivity index (χ2v) is 5.74. The number of thioether (sulfide) groups is 1. The topological polar surface area (TPSA) is 35.8 Å². The average molecular weight is 262 g/mol. The van der Waals surface area contributed by atoms with Gasteiger partial charge >= 0.3 is 0 Å². The van der Waals surface area contributed by atoms with Crippen LogP contribution in [0.1, 0.15) is 37.8 Å². The van der Waals surface area contributed by atoms with Crippen LogP contribution < -0.4 is 5.32 Å². The first-order chi connectivity index (χ1) is 8.71. The van der Waals surface area contributed by atoms with Gasteiger partial charge in [-0.2, -0.15) is 17.0 Å². The van der Waals surface area contributed by atoms with E-state index in [0.717, 1.165) is 37.1 Å². The number of nitrogens with one attached hydrogen (secondary N) is 1. The van der Waals surface area contributed by atoms with E-state index in [9.17, 15) is 0 Å². The Balaban J connectivity index is 2.58. The lowest BCUT2D eigenvalue weighted by molar-refractivity contribution is 0.495. The van der Waals surface area contributed by atoms with Crippen LogP contribution in [0.25, 0.3) is 0 Å². The van der Waals surface area contributed by atoms with Gasteiger partial charge in [0.1, 0.15) is 0 Å². The van der Waals surface area contributed by atoms with Gasteiger partial charge < -0.3 is 5.32 Å². The molecule has 0 aliphatic heterocycles. The van der Waals surface area contributed by atoms with E-state index in [0.29, 0.717) is 4.75 Å². The lowest BCUT2D eigenvalue weighted by atomic mass is 10.0. The Morgan fingerprint density at radius 3 is 2.50 bits per heavy atom. The van der Waals surface area contributed by atoms with Gasteiger partial charge in [0, 0.05) is 17.8 Å². The Morgan fingerprint density at radius 2 is 1.94 bits per heavy atom. The fourth-order valence-corrected chi connectivity index (χ4v) is 2.89. The van der Waals surface area contributed by atoms with Gasteiger partial charge in [0.2, 0.25) is 0 Å². The van der Waals surface area contributed by atoms with Gasteiger partial charge in [0.15, 0.2) is 0 Å². The first kappa shape index (κ1) is 15.1. The normalized spacial score (nSPS) is 11.2. The molecule has 2 nitrogen and oxygen atoms in total. The molecular formula is C15H22N2S. The molecule has 0 amide bonds. The van der Waals surface area contributed by atoms with Crippen LogP contribution in [0.4, 0.5) is 0 Å². The molecule has 0 aliphatic rings. The molecule has 0 aliphatic carbocycles. The van der Waals surface area contributed by atoms with Crippen molar-refractivity contribution in [1.82, 2.24) is 5.32 Å². The summed E-state index contributed by atoms with van der Waals surface area (Å²) in [6.07, 6.45) is 4.51. The van der Waals surface area contributed by atoms with Crippen LogP contribution in [-0.2, 0) is 6.54 Å². The highest BCUT2D eigenvalue weighted by Crippen LogP contribution is 2.29. The molecule has 0 spiro atoms. The van der Waals surface area contributed by atoms with E-state index in [-0.39, 0.29) is 0 Å². The summed E-state index contributed by atoms with van der Waals surface area (Å²) < 4.78 is 0.321. The SMILES string of the molecule is CCC(CC)(CNCc1ccccc1C#N)SC. The summed E-state index contributed by atoms with van der Waals surface area (Å²) >= 11 is 1.93. The summed E-state index contributed by atoms with van der Waals surface area (Å²) in [5.41, 5.74) is 1.86. The minimum absolute atomic E-state index is 0.321. The summed E-state index contributed by atoms with van der Waals surface area (Å²) in [5, 5.41) is 12.5. The highest BCUT2D eigenvalue weighted by Gasteiger charge is 2.24. The van der Waals surface area contributed by atoms with E-state index >= 15 is 0 Å². The van der Waals surface area contributed by atoms with Crippen molar-refractivity contribution in [3.8, 4) is 6.07 Å². The molecule has 1 rings (SSSR count). The zero-order chi connectivity index (χ0) is 13.4. The average Bonchev–Trinajstić information content (AvgIpc) is 2.44. The van der Waals surface area contributed by atoms with Gasteiger partial charge in [-0.3, -0.25) is 0 Å². The first-order valence-corrected chi connectivity index (χ1v) is 7.67. The Kier molecular flexibility index (Phi) is 6.24. The Bertz CT molecular complexity index is 397. The highest BCUT2D eigenvalue weighted by molar-refractivity contribution is 8.00. The Morgan fingerprint density at radius 1 is 1.28 bits per heavy atom. The fourth-order valence-electron chi connectivity index (χ4n) is 2.07. The molecule has 1 aromatic carbocycles. The number of hydrogen-bond donors (Lipinski definition) is 1. The lowest BCUT2D eigenvalue weighted by Crippen LogP contribution is -2.36. The van der Waals surface area contributed by atoms with Gasteiger partial charge in [-0.15, -0.1) is 0 Å². The van der Waals surface area contributed by atoms with Crippen LogP contribution in [0.3, 0.4) is 0 Å². The maximum atomic E-state index is 9.03. The first-order valence-electron chi connectivity index (χ1n) is 6.45. The summed E-state index contributed by atoms with van der Waals surface area (Å²) in [6, 6.07) is 10.0. The quantitative estimate of drug-likeness (QED) is 0.816. The molecule has 0 fully saturated rings. The zero-order valence-electron chi connectivity index (χ0n) is 11.5. The van der Waals surface area contributed by atoms with Crippen LogP contribution in [0.2, 0.25) is 0 Å². The van der Waals surface area contributed by atoms with Crippen LogP contribution >= 0.6 is 11.8 Å². The summed E-state index contributed by atoms with van der Waals surface area (Å²) in [7, 11) is 0. The molecule has 18 heavy (non-hydrogen) atoms. The smallest absolute Gasteiger partial charge is 0.0995 e. The Labute approximate surface area is 115 Å². The van der Waals surface area contributed by atoms with Crippen molar-refractivity contribution in [2.75, 3.05) is 12.8 Å². The third kappa shape index (κ3) is 3.76. The molecule has 1 N–H and O–H groups in total. The van der Waals surface area contributed by atoms with Gasteiger partial charge in [0.25, 0.3) is 0 Å². The maximum absolute atomic E-state index is 9.03. The van der Waals surface area contributed by atoms with Crippen molar-refractivity contribution in [2.45, 2.75) is 38.0 Å². The third-order valence-electron chi connectivity index (χ3n) is 3.62. The van der Waals surface area contributed by atoms with Crippen LogP contribution in [0, 0.1) is 11.3 Å². The highest BCUT2D eigenvalue weighted by atomic mass is 32.2. The number of nitrogens with zero attached hydrogens (tertiary/aromatic N) is 1. The zero-order valence-corrected chi connectivity index (χ0v) is 12.3. The van der Waals surface area contributed by atoms with E-state index in [1.54, 1.807) is 0 Å². The lowest BCUT2D eigenvalue weighted by Gasteiger charge is -2.30. The van der Waals surface area contributed by atoms with Crippen LogP contribution in [0.15, 0.2) is 24.3 Å². The van der Waals surface area contributed by atoms with Crippen molar-refractivity contribution < 1.29 is 0 Å².